The fraction of sp³-hybridized carbons (Fsp3) is 0.333. The SMILES string of the molecule is Cc1ccc(CN2CC(=O)CC2=O)c(Cl)c1. The van der Waals surface area contributed by atoms with Crippen molar-refractivity contribution in [2.45, 2.75) is 19.9 Å². The van der Waals surface area contributed by atoms with Gasteiger partial charge in [-0.15, -0.1) is 0 Å². The summed E-state index contributed by atoms with van der Waals surface area (Å²) in [5, 5.41) is 0.646. The highest BCUT2D eigenvalue weighted by molar-refractivity contribution is 6.31. The van der Waals surface area contributed by atoms with Gasteiger partial charge in [0.1, 0.15) is 0 Å². The molecule has 84 valence electrons. The van der Waals surface area contributed by atoms with Gasteiger partial charge >= 0.3 is 0 Å². The molecule has 1 fully saturated rings. The van der Waals surface area contributed by atoms with Crippen molar-refractivity contribution in [1.29, 1.82) is 0 Å². The van der Waals surface area contributed by atoms with E-state index in [9.17, 15) is 9.59 Å². The summed E-state index contributed by atoms with van der Waals surface area (Å²) in [4.78, 5) is 24.1. The Balaban J connectivity index is 2.15. The van der Waals surface area contributed by atoms with Gasteiger partial charge in [-0.1, -0.05) is 23.7 Å². The van der Waals surface area contributed by atoms with Gasteiger partial charge in [0.15, 0.2) is 5.78 Å². The number of likely N-dealkylation sites (tertiary alicyclic amines) is 1. The number of hydrogen-bond acceptors (Lipinski definition) is 2. The van der Waals surface area contributed by atoms with Gasteiger partial charge in [-0.2, -0.15) is 0 Å². The third kappa shape index (κ3) is 2.25. The molecular weight excluding hydrogens is 226 g/mol. The normalized spacial score (nSPS) is 16.0. The van der Waals surface area contributed by atoms with Crippen LogP contribution in [0.4, 0.5) is 0 Å². The summed E-state index contributed by atoms with van der Waals surface area (Å²) >= 11 is 6.07. The van der Waals surface area contributed by atoms with Gasteiger partial charge in [0.25, 0.3) is 0 Å². The summed E-state index contributed by atoms with van der Waals surface area (Å²) in [7, 11) is 0. The van der Waals surface area contributed by atoms with Crippen molar-refractivity contribution in [2.24, 2.45) is 0 Å². The minimum atomic E-state index is -0.110. The van der Waals surface area contributed by atoms with Crippen molar-refractivity contribution in [3.63, 3.8) is 0 Å². The van der Waals surface area contributed by atoms with Crippen molar-refractivity contribution in [1.82, 2.24) is 4.90 Å². The Morgan fingerprint density at radius 3 is 2.69 bits per heavy atom. The molecule has 3 nitrogen and oxygen atoms in total. The average molecular weight is 238 g/mol. The van der Waals surface area contributed by atoms with Crippen LogP contribution in [0.1, 0.15) is 17.5 Å². The summed E-state index contributed by atoms with van der Waals surface area (Å²) < 4.78 is 0. The van der Waals surface area contributed by atoms with Crippen LogP contribution < -0.4 is 0 Å². The Morgan fingerprint density at radius 1 is 1.38 bits per heavy atom. The molecule has 1 amide bonds. The number of benzene rings is 1. The number of halogens is 1. The van der Waals surface area contributed by atoms with Crippen molar-refractivity contribution >= 4 is 23.3 Å². The minimum Gasteiger partial charge on any atom is -0.331 e. The van der Waals surface area contributed by atoms with Crippen LogP contribution in [0.25, 0.3) is 0 Å². The molecule has 16 heavy (non-hydrogen) atoms. The second kappa shape index (κ2) is 4.26. The van der Waals surface area contributed by atoms with Gasteiger partial charge in [0, 0.05) is 11.6 Å². The van der Waals surface area contributed by atoms with E-state index in [1.165, 1.54) is 0 Å². The fourth-order valence-electron chi connectivity index (χ4n) is 1.77. The van der Waals surface area contributed by atoms with Gasteiger partial charge in [0.2, 0.25) is 5.91 Å². The van der Waals surface area contributed by atoms with E-state index in [1.807, 2.05) is 25.1 Å². The molecule has 2 rings (SSSR count). The molecule has 0 saturated carbocycles. The van der Waals surface area contributed by atoms with Gasteiger partial charge in [-0.05, 0) is 24.1 Å². The zero-order valence-electron chi connectivity index (χ0n) is 9.00. The number of nitrogens with zero attached hydrogens (tertiary/aromatic N) is 1. The summed E-state index contributed by atoms with van der Waals surface area (Å²) in [5.74, 6) is -0.130. The quantitative estimate of drug-likeness (QED) is 0.738. The van der Waals surface area contributed by atoms with Crippen LogP contribution in [0, 0.1) is 6.92 Å². The Labute approximate surface area is 99.0 Å². The maximum Gasteiger partial charge on any atom is 0.230 e. The predicted octanol–water partition coefficient (Wildman–Crippen LogP) is 1.95. The van der Waals surface area contributed by atoms with Crippen molar-refractivity contribution in [2.75, 3.05) is 6.54 Å². The topological polar surface area (TPSA) is 37.4 Å². The van der Waals surface area contributed by atoms with E-state index in [0.29, 0.717) is 11.6 Å². The van der Waals surface area contributed by atoms with E-state index in [1.54, 1.807) is 4.90 Å². The molecule has 0 aromatic heterocycles. The Hall–Kier alpha value is -1.35. The van der Waals surface area contributed by atoms with Crippen LogP contribution in [0.2, 0.25) is 5.02 Å². The van der Waals surface area contributed by atoms with Crippen LogP contribution >= 0.6 is 11.6 Å². The van der Waals surface area contributed by atoms with E-state index in [4.69, 9.17) is 11.6 Å². The summed E-state index contributed by atoms with van der Waals surface area (Å²) in [6.07, 6.45) is 0.0312. The van der Waals surface area contributed by atoms with Crippen molar-refractivity contribution in [3.05, 3.63) is 34.3 Å². The number of ketones is 1. The lowest BCUT2D eigenvalue weighted by Gasteiger charge is -2.15. The van der Waals surface area contributed by atoms with E-state index in [2.05, 4.69) is 0 Å². The smallest absolute Gasteiger partial charge is 0.230 e. The molecular formula is C12H12ClNO2. The van der Waals surface area contributed by atoms with Crippen LogP contribution in [-0.4, -0.2) is 23.1 Å². The molecule has 4 heteroatoms. The molecule has 0 bridgehead atoms. The molecule has 0 aliphatic carbocycles. The lowest BCUT2D eigenvalue weighted by atomic mass is 10.1. The third-order valence-corrected chi connectivity index (χ3v) is 2.99. The van der Waals surface area contributed by atoms with Crippen LogP contribution in [0.3, 0.4) is 0 Å². The van der Waals surface area contributed by atoms with E-state index >= 15 is 0 Å². The van der Waals surface area contributed by atoms with Crippen molar-refractivity contribution in [3.8, 4) is 0 Å². The average Bonchev–Trinajstić information content (AvgIpc) is 2.50. The molecule has 0 atom stereocenters. The highest BCUT2D eigenvalue weighted by Gasteiger charge is 2.27. The maximum absolute atomic E-state index is 11.4. The summed E-state index contributed by atoms with van der Waals surface area (Å²) in [5.41, 5.74) is 1.97. The summed E-state index contributed by atoms with van der Waals surface area (Å²) in [6.45, 7) is 2.59. The minimum absolute atomic E-state index is 0.0202. The molecule has 1 aromatic rings. The Bertz CT molecular complexity index is 456. The second-order valence-electron chi connectivity index (χ2n) is 4.06. The first kappa shape index (κ1) is 11.1. The maximum atomic E-state index is 11.4. The van der Waals surface area contributed by atoms with Crippen LogP contribution in [0.5, 0.6) is 0 Å². The molecule has 0 N–H and O–H groups in total. The zero-order valence-corrected chi connectivity index (χ0v) is 9.75. The molecule has 0 unspecified atom stereocenters. The second-order valence-corrected chi connectivity index (χ2v) is 4.47. The first-order valence-corrected chi connectivity index (χ1v) is 5.48. The highest BCUT2D eigenvalue weighted by Crippen LogP contribution is 2.21. The van der Waals surface area contributed by atoms with Crippen LogP contribution in [0.15, 0.2) is 18.2 Å². The number of aryl methyl sites for hydroxylation is 1. The number of carbonyl (C=O) groups excluding carboxylic acids is 2. The lowest BCUT2D eigenvalue weighted by Crippen LogP contribution is -2.24. The van der Waals surface area contributed by atoms with Gasteiger partial charge in [0.05, 0.1) is 13.0 Å². The number of hydrogen-bond donors (Lipinski definition) is 0. The van der Waals surface area contributed by atoms with Gasteiger partial charge in [-0.3, -0.25) is 9.59 Å². The monoisotopic (exact) mass is 237 g/mol. The molecule has 0 radical (unpaired) electrons. The predicted molar refractivity (Wildman–Crippen MR) is 61.2 cm³/mol. The number of rotatable bonds is 2. The Morgan fingerprint density at radius 2 is 2.12 bits per heavy atom. The summed E-state index contributed by atoms with van der Waals surface area (Å²) in [6, 6.07) is 5.70. The van der Waals surface area contributed by atoms with Crippen LogP contribution in [-0.2, 0) is 16.1 Å². The standard InChI is InChI=1S/C12H12ClNO2/c1-8-2-3-9(11(13)4-8)6-14-7-10(15)5-12(14)16/h2-4H,5-7H2,1H3. The molecule has 1 aliphatic rings. The lowest BCUT2D eigenvalue weighted by molar-refractivity contribution is -0.128. The first-order chi connectivity index (χ1) is 7.56. The first-order valence-electron chi connectivity index (χ1n) is 5.11. The van der Waals surface area contributed by atoms with Gasteiger partial charge in [-0.25, -0.2) is 0 Å². The fourth-order valence-corrected chi connectivity index (χ4v) is 2.06. The molecule has 0 spiro atoms. The number of amides is 1. The highest BCUT2D eigenvalue weighted by atomic mass is 35.5. The molecule has 1 saturated heterocycles. The Kier molecular flexibility index (Phi) is 2.97. The van der Waals surface area contributed by atoms with E-state index in [0.717, 1.165) is 11.1 Å². The largest absolute Gasteiger partial charge is 0.331 e. The van der Waals surface area contributed by atoms with Crippen molar-refractivity contribution < 1.29 is 9.59 Å². The van der Waals surface area contributed by atoms with E-state index < -0.39 is 0 Å². The van der Waals surface area contributed by atoms with E-state index in [-0.39, 0.29) is 24.7 Å². The molecule has 1 heterocycles. The number of carbonyl (C=O) groups is 2. The molecule has 1 aliphatic heterocycles. The molecule has 1 aromatic carbocycles. The van der Waals surface area contributed by atoms with Gasteiger partial charge < -0.3 is 4.90 Å². The number of Topliss-reactive ketones (excluding diaryl/α,β-unsaturated/α-hetero) is 1. The third-order valence-electron chi connectivity index (χ3n) is 2.64. The zero-order chi connectivity index (χ0) is 11.7.